The predicted molar refractivity (Wildman–Crippen MR) is 120 cm³/mol. The van der Waals surface area contributed by atoms with Crippen LogP contribution in [0.25, 0.3) is 6.08 Å². The average Bonchev–Trinajstić information content (AvgIpc) is 2.70. The van der Waals surface area contributed by atoms with Gasteiger partial charge >= 0.3 is 0 Å². The third kappa shape index (κ3) is 6.32. The summed E-state index contributed by atoms with van der Waals surface area (Å²) in [5.41, 5.74) is 0.886. The molecule has 1 aliphatic carbocycles. The Balaban J connectivity index is 1.66. The number of fused-ring (bicyclic) bond motifs is 1. The Kier molecular flexibility index (Phi) is 8.33. The summed E-state index contributed by atoms with van der Waals surface area (Å²) in [6, 6.07) is 7.68. The zero-order valence-electron chi connectivity index (χ0n) is 17.7. The van der Waals surface area contributed by atoms with E-state index in [1.54, 1.807) is 11.0 Å². The zero-order chi connectivity index (χ0) is 21.5. The summed E-state index contributed by atoms with van der Waals surface area (Å²) in [6.07, 6.45) is 6.55. The number of rotatable bonds is 8. The van der Waals surface area contributed by atoms with E-state index in [-0.39, 0.29) is 36.6 Å². The minimum atomic E-state index is -0.212. The van der Waals surface area contributed by atoms with Crippen molar-refractivity contribution >= 4 is 33.8 Å². The van der Waals surface area contributed by atoms with Gasteiger partial charge in [0, 0.05) is 17.6 Å². The number of carbonyl (C=O) groups is 2. The van der Waals surface area contributed by atoms with Crippen molar-refractivity contribution in [3.63, 3.8) is 0 Å². The van der Waals surface area contributed by atoms with Gasteiger partial charge in [0.1, 0.15) is 12.6 Å². The molecule has 7 heteroatoms. The fraction of sp³-hybridized carbons (Fsp3) is 0.565. The second kappa shape index (κ2) is 11.0. The summed E-state index contributed by atoms with van der Waals surface area (Å²) in [7, 11) is 0. The number of nitrogens with one attached hydrogen (secondary N) is 1. The molecule has 2 atom stereocenters. The summed E-state index contributed by atoms with van der Waals surface area (Å²) in [6.45, 7) is 5.19. The molecule has 2 unspecified atom stereocenters. The summed E-state index contributed by atoms with van der Waals surface area (Å²) >= 11 is 3.46. The lowest BCUT2D eigenvalue weighted by Gasteiger charge is -2.44. The number of halogens is 1. The van der Waals surface area contributed by atoms with Crippen molar-refractivity contribution in [1.29, 1.82) is 0 Å². The summed E-state index contributed by atoms with van der Waals surface area (Å²) in [5, 5.41) is 2.91. The average molecular weight is 479 g/mol. The van der Waals surface area contributed by atoms with Crippen LogP contribution in [0.1, 0.15) is 51.5 Å². The maximum atomic E-state index is 13.2. The molecule has 0 spiro atoms. The van der Waals surface area contributed by atoms with Crippen LogP contribution >= 0.6 is 15.9 Å². The first-order chi connectivity index (χ1) is 14.4. The van der Waals surface area contributed by atoms with E-state index in [9.17, 15) is 9.59 Å². The molecule has 0 aromatic heterocycles. The Morgan fingerprint density at radius 2 is 2.17 bits per heavy atom. The molecule has 6 nitrogen and oxygen atoms in total. The zero-order valence-corrected chi connectivity index (χ0v) is 19.3. The number of hydrogen-bond acceptors (Lipinski definition) is 4. The minimum absolute atomic E-state index is 0.0408. The fourth-order valence-electron chi connectivity index (χ4n) is 3.94. The van der Waals surface area contributed by atoms with E-state index < -0.39 is 0 Å². The first-order valence-electron chi connectivity index (χ1n) is 10.8. The number of amides is 2. The molecule has 1 N–H and O–H groups in total. The van der Waals surface area contributed by atoms with Crippen molar-refractivity contribution < 1.29 is 19.1 Å². The van der Waals surface area contributed by atoms with E-state index in [0.29, 0.717) is 18.9 Å². The lowest BCUT2D eigenvalue weighted by molar-refractivity contribution is -0.151. The smallest absolute Gasteiger partial charge is 0.289 e. The van der Waals surface area contributed by atoms with Gasteiger partial charge in [0.05, 0.1) is 12.1 Å². The van der Waals surface area contributed by atoms with Gasteiger partial charge in [-0.2, -0.15) is 0 Å². The topological polar surface area (TPSA) is 67.9 Å². The molecule has 0 bridgehead atoms. The van der Waals surface area contributed by atoms with E-state index in [1.807, 2.05) is 38.1 Å². The number of carbonyl (C=O) groups excluding carboxylic acids is 2. The Labute approximate surface area is 187 Å². The lowest BCUT2D eigenvalue weighted by atomic mass is 9.89. The third-order valence-electron chi connectivity index (χ3n) is 5.37. The van der Waals surface area contributed by atoms with Crippen LogP contribution in [0, 0.1) is 0 Å². The molecule has 1 aliphatic heterocycles. The van der Waals surface area contributed by atoms with Crippen LogP contribution in [0.5, 0.6) is 0 Å². The standard InChI is InChI=1S/C23H31BrN2O4/c1-16(2)29-12-6-11-25-22(27)15-26-19-9-3-4-10-20(19)30-21(23(26)28)14-17-7-5-8-18(24)13-17/h5,7-8,13-14,16,19-20H,3-4,6,9-12,15H2,1-2H3,(H,25,27)/b21-14+. The van der Waals surface area contributed by atoms with E-state index in [1.165, 1.54) is 0 Å². The first-order valence-corrected chi connectivity index (χ1v) is 11.6. The highest BCUT2D eigenvalue weighted by molar-refractivity contribution is 9.10. The van der Waals surface area contributed by atoms with E-state index in [4.69, 9.17) is 9.47 Å². The number of hydrogen-bond donors (Lipinski definition) is 1. The lowest BCUT2D eigenvalue weighted by Crippen LogP contribution is -2.57. The Morgan fingerprint density at radius 3 is 2.93 bits per heavy atom. The van der Waals surface area contributed by atoms with Crippen LogP contribution in [0.4, 0.5) is 0 Å². The second-order valence-electron chi connectivity index (χ2n) is 8.13. The van der Waals surface area contributed by atoms with Crippen molar-refractivity contribution in [2.75, 3.05) is 19.7 Å². The molecule has 1 saturated heterocycles. The summed E-state index contributed by atoms with van der Waals surface area (Å²) in [4.78, 5) is 27.4. The number of morpholine rings is 1. The van der Waals surface area contributed by atoms with Crippen LogP contribution in [-0.2, 0) is 19.1 Å². The molecule has 1 saturated carbocycles. The Hall–Kier alpha value is -1.86. The highest BCUT2D eigenvalue weighted by Crippen LogP contribution is 2.33. The van der Waals surface area contributed by atoms with Crippen LogP contribution < -0.4 is 5.32 Å². The predicted octanol–water partition coefficient (Wildman–Crippen LogP) is 3.89. The normalized spacial score (nSPS) is 22.7. The van der Waals surface area contributed by atoms with Crippen molar-refractivity contribution in [1.82, 2.24) is 10.2 Å². The Morgan fingerprint density at radius 1 is 1.37 bits per heavy atom. The monoisotopic (exact) mass is 478 g/mol. The first kappa shape index (κ1) is 22.8. The fourth-order valence-corrected chi connectivity index (χ4v) is 4.36. The van der Waals surface area contributed by atoms with Gasteiger partial charge in [-0.25, -0.2) is 0 Å². The number of ether oxygens (including phenoxy) is 2. The van der Waals surface area contributed by atoms with Crippen molar-refractivity contribution in [3.8, 4) is 0 Å². The number of benzene rings is 1. The molecule has 2 aliphatic rings. The SMILES string of the molecule is CC(C)OCCCNC(=O)CN1C(=O)/C(=C\c2cccc(Br)c2)OC2CCCCC21. The van der Waals surface area contributed by atoms with Gasteiger partial charge < -0.3 is 19.7 Å². The van der Waals surface area contributed by atoms with Gasteiger partial charge in [-0.1, -0.05) is 34.5 Å². The van der Waals surface area contributed by atoms with Crippen LogP contribution in [-0.4, -0.2) is 54.7 Å². The molecular formula is C23H31BrN2O4. The van der Waals surface area contributed by atoms with E-state index in [0.717, 1.165) is 42.1 Å². The van der Waals surface area contributed by atoms with Gasteiger partial charge in [-0.05, 0) is 63.3 Å². The van der Waals surface area contributed by atoms with Gasteiger partial charge in [-0.15, -0.1) is 0 Å². The van der Waals surface area contributed by atoms with Gasteiger partial charge in [0.2, 0.25) is 5.91 Å². The third-order valence-corrected chi connectivity index (χ3v) is 5.87. The molecule has 3 rings (SSSR count). The molecule has 1 heterocycles. The summed E-state index contributed by atoms with van der Waals surface area (Å²) < 4.78 is 12.5. The molecule has 2 amide bonds. The van der Waals surface area contributed by atoms with E-state index in [2.05, 4.69) is 21.2 Å². The van der Waals surface area contributed by atoms with Crippen molar-refractivity contribution in [2.24, 2.45) is 0 Å². The highest BCUT2D eigenvalue weighted by Gasteiger charge is 2.42. The number of nitrogens with zero attached hydrogens (tertiary/aromatic N) is 1. The molecule has 164 valence electrons. The maximum absolute atomic E-state index is 13.2. The van der Waals surface area contributed by atoms with Gasteiger partial charge in [-0.3, -0.25) is 9.59 Å². The largest absolute Gasteiger partial charge is 0.482 e. The molecule has 0 radical (unpaired) electrons. The molecule has 1 aromatic carbocycles. The van der Waals surface area contributed by atoms with Gasteiger partial charge in [0.25, 0.3) is 5.91 Å². The molecular weight excluding hydrogens is 448 g/mol. The van der Waals surface area contributed by atoms with Crippen LogP contribution in [0.15, 0.2) is 34.5 Å². The van der Waals surface area contributed by atoms with Crippen LogP contribution in [0.2, 0.25) is 0 Å². The molecule has 2 fully saturated rings. The van der Waals surface area contributed by atoms with Crippen molar-refractivity contribution in [3.05, 3.63) is 40.1 Å². The van der Waals surface area contributed by atoms with Crippen molar-refractivity contribution in [2.45, 2.75) is 64.2 Å². The highest BCUT2D eigenvalue weighted by atomic mass is 79.9. The van der Waals surface area contributed by atoms with Crippen LogP contribution in [0.3, 0.4) is 0 Å². The van der Waals surface area contributed by atoms with E-state index >= 15 is 0 Å². The quantitative estimate of drug-likeness (QED) is 0.454. The maximum Gasteiger partial charge on any atom is 0.289 e. The minimum Gasteiger partial charge on any atom is -0.482 e. The Bertz CT molecular complexity index is 780. The second-order valence-corrected chi connectivity index (χ2v) is 9.04. The molecule has 1 aromatic rings. The summed E-state index contributed by atoms with van der Waals surface area (Å²) in [5.74, 6) is -0.0354. The molecule has 30 heavy (non-hydrogen) atoms. The van der Waals surface area contributed by atoms with Gasteiger partial charge in [0.15, 0.2) is 5.76 Å².